The fraction of sp³-hybridized carbons (Fsp3) is 0.867. The lowest BCUT2D eigenvalue weighted by Crippen LogP contribution is -2.69. The molecule has 1 aliphatic rings. The average molecular weight is 284 g/mol. The summed E-state index contributed by atoms with van der Waals surface area (Å²) >= 11 is 0. The lowest BCUT2D eigenvalue weighted by molar-refractivity contribution is -0.155. The Morgan fingerprint density at radius 3 is 2.40 bits per heavy atom. The largest absolute Gasteiger partial charge is 0.379 e. The molecule has 116 valence electrons. The molecular weight excluding hydrogens is 256 g/mol. The van der Waals surface area contributed by atoms with Gasteiger partial charge in [0.05, 0.1) is 5.60 Å². The summed E-state index contributed by atoms with van der Waals surface area (Å²) in [4.78, 5) is 26.6. The zero-order chi connectivity index (χ0) is 15.6. The van der Waals surface area contributed by atoms with E-state index >= 15 is 0 Å². The van der Waals surface area contributed by atoms with E-state index in [0.29, 0.717) is 25.8 Å². The molecular formula is C15H28N2O3. The molecule has 1 fully saturated rings. The number of nitrogens with one attached hydrogen (secondary N) is 1. The first-order valence-corrected chi connectivity index (χ1v) is 7.39. The summed E-state index contributed by atoms with van der Waals surface area (Å²) < 4.78 is 5.40. The third-order valence-electron chi connectivity index (χ3n) is 4.41. The zero-order valence-electron chi connectivity index (χ0n) is 13.6. The quantitative estimate of drug-likeness (QED) is 0.808. The summed E-state index contributed by atoms with van der Waals surface area (Å²) in [5, 5.41) is 2.87. The molecule has 1 saturated heterocycles. The van der Waals surface area contributed by atoms with Gasteiger partial charge in [-0.15, -0.1) is 0 Å². The van der Waals surface area contributed by atoms with Crippen molar-refractivity contribution in [3.63, 3.8) is 0 Å². The molecule has 0 aromatic rings. The van der Waals surface area contributed by atoms with E-state index in [4.69, 9.17) is 4.74 Å². The van der Waals surface area contributed by atoms with Crippen molar-refractivity contribution in [2.75, 3.05) is 13.7 Å². The van der Waals surface area contributed by atoms with E-state index in [9.17, 15) is 9.59 Å². The van der Waals surface area contributed by atoms with Gasteiger partial charge in [0.1, 0.15) is 11.6 Å². The van der Waals surface area contributed by atoms with Crippen LogP contribution < -0.4 is 5.32 Å². The summed E-state index contributed by atoms with van der Waals surface area (Å²) in [7, 11) is 1.66. The molecule has 1 heterocycles. The molecule has 0 radical (unpaired) electrons. The predicted octanol–water partition coefficient (Wildman–Crippen LogP) is 1.71. The van der Waals surface area contributed by atoms with Crippen molar-refractivity contribution < 1.29 is 14.3 Å². The van der Waals surface area contributed by atoms with Crippen LogP contribution in [0.25, 0.3) is 0 Å². The highest BCUT2D eigenvalue weighted by Gasteiger charge is 2.46. The number of piperazine rings is 1. The van der Waals surface area contributed by atoms with Crippen LogP contribution in [0.1, 0.15) is 53.9 Å². The Morgan fingerprint density at radius 1 is 1.35 bits per heavy atom. The maximum Gasteiger partial charge on any atom is 0.248 e. The van der Waals surface area contributed by atoms with E-state index in [0.717, 1.165) is 0 Å². The fourth-order valence-electron chi connectivity index (χ4n) is 2.40. The predicted molar refractivity (Wildman–Crippen MR) is 78.3 cm³/mol. The van der Waals surface area contributed by atoms with Crippen molar-refractivity contribution in [3.05, 3.63) is 0 Å². The van der Waals surface area contributed by atoms with Crippen LogP contribution in [0.4, 0.5) is 0 Å². The Kier molecular flexibility index (Phi) is 5.19. The second-order valence-electron chi connectivity index (χ2n) is 6.31. The molecule has 0 bridgehead atoms. The number of amides is 2. The molecule has 1 N–H and O–H groups in total. The molecule has 2 amide bonds. The fourth-order valence-corrected chi connectivity index (χ4v) is 2.40. The molecule has 20 heavy (non-hydrogen) atoms. The van der Waals surface area contributed by atoms with E-state index in [1.54, 1.807) is 18.9 Å². The second kappa shape index (κ2) is 6.12. The molecule has 5 nitrogen and oxygen atoms in total. The first-order chi connectivity index (χ1) is 9.20. The maximum atomic E-state index is 12.7. The second-order valence-corrected chi connectivity index (χ2v) is 6.31. The first-order valence-electron chi connectivity index (χ1n) is 7.39. The molecule has 0 aromatic heterocycles. The summed E-state index contributed by atoms with van der Waals surface area (Å²) in [5.41, 5.74) is -1.07. The minimum Gasteiger partial charge on any atom is -0.379 e. The summed E-state index contributed by atoms with van der Waals surface area (Å²) in [6, 6.07) is -0.366. The number of hydrogen-bond acceptors (Lipinski definition) is 3. The maximum absolute atomic E-state index is 12.7. The normalized spacial score (nSPS) is 27.7. The smallest absolute Gasteiger partial charge is 0.248 e. The van der Waals surface area contributed by atoms with Crippen LogP contribution in [0, 0.1) is 0 Å². The lowest BCUT2D eigenvalue weighted by atomic mass is 9.90. The Labute approximate surface area is 122 Å². The van der Waals surface area contributed by atoms with Crippen molar-refractivity contribution in [2.24, 2.45) is 0 Å². The average Bonchev–Trinajstić information content (AvgIpc) is 2.41. The number of carbonyl (C=O) groups is 2. The molecule has 0 aromatic carbocycles. The summed E-state index contributed by atoms with van der Waals surface area (Å²) in [6.45, 7) is 10.2. The number of carbonyl (C=O) groups excluding carboxylic acids is 2. The van der Waals surface area contributed by atoms with Gasteiger partial charge in [0.25, 0.3) is 0 Å². The highest BCUT2D eigenvalue weighted by molar-refractivity contribution is 5.99. The Morgan fingerprint density at radius 2 is 1.95 bits per heavy atom. The monoisotopic (exact) mass is 284 g/mol. The Bertz CT molecular complexity index is 381. The van der Waals surface area contributed by atoms with E-state index in [1.807, 2.05) is 27.7 Å². The van der Waals surface area contributed by atoms with Crippen molar-refractivity contribution in [3.8, 4) is 0 Å². The molecule has 0 spiro atoms. The van der Waals surface area contributed by atoms with Gasteiger partial charge in [-0.3, -0.25) is 9.59 Å². The first kappa shape index (κ1) is 17.0. The molecule has 0 saturated carbocycles. The van der Waals surface area contributed by atoms with Crippen LogP contribution in [-0.2, 0) is 14.3 Å². The van der Waals surface area contributed by atoms with Crippen molar-refractivity contribution >= 4 is 11.8 Å². The molecule has 0 aliphatic carbocycles. The van der Waals surface area contributed by atoms with Gasteiger partial charge in [-0.1, -0.05) is 13.8 Å². The van der Waals surface area contributed by atoms with Gasteiger partial charge in [-0.2, -0.15) is 0 Å². The van der Waals surface area contributed by atoms with Gasteiger partial charge in [0.15, 0.2) is 0 Å². The minimum atomic E-state index is -0.778. The highest BCUT2D eigenvalue weighted by Crippen LogP contribution is 2.24. The SMILES string of the molecule is CCC1C(=O)NC(C)(CC)C(=O)N1CCC(C)(C)OC. The Hall–Kier alpha value is -1.10. The number of nitrogens with zero attached hydrogens (tertiary/aromatic N) is 1. The van der Waals surface area contributed by atoms with Gasteiger partial charge < -0.3 is 15.0 Å². The zero-order valence-corrected chi connectivity index (χ0v) is 13.6. The molecule has 5 heteroatoms. The number of methoxy groups -OCH3 is 1. The number of rotatable bonds is 6. The van der Waals surface area contributed by atoms with Crippen LogP contribution >= 0.6 is 0 Å². The van der Waals surface area contributed by atoms with Crippen molar-refractivity contribution in [2.45, 2.75) is 71.1 Å². The number of ether oxygens (including phenoxy) is 1. The summed E-state index contributed by atoms with van der Waals surface area (Å²) in [6.07, 6.45) is 1.93. The molecule has 2 atom stereocenters. The third kappa shape index (κ3) is 3.32. The molecule has 2 unspecified atom stereocenters. The van der Waals surface area contributed by atoms with E-state index in [1.165, 1.54) is 0 Å². The van der Waals surface area contributed by atoms with Gasteiger partial charge in [0.2, 0.25) is 11.8 Å². The van der Waals surface area contributed by atoms with Gasteiger partial charge in [-0.05, 0) is 40.0 Å². The topological polar surface area (TPSA) is 58.6 Å². The van der Waals surface area contributed by atoms with E-state index in [2.05, 4.69) is 5.32 Å². The van der Waals surface area contributed by atoms with E-state index in [-0.39, 0.29) is 23.5 Å². The Balaban J connectivity index is 2.92. The van der Waals surface area contributed by atoms with Crippen LogP contribution in [-0.4, -0.2) is 47.6 Å². The van der Waals surface area contributed by atoms with Crippen LogP contribution in [0.3, 0.4) is 0 Å². The van der Waals surface area contributed by atoms with Crippen LogP contribution in [0.5, 0.6) is 0 Å². The highest BCUT2D eigenvalue weighted by atomic mass is 16.5. The minimum absolute atomic E-state index is 0.0124. The molecule has 1 aliphatic heterocycles. The van der Waals surface area contributed by atoms with Gasteiger partial charge in [-0.25, -0.2) is 0 Å². The standard InChI is InChI=1S/C15H28N2O3/c1-7-11-12(18)16-15(5,8-2)13(19)17(11)10-9-14(3,4)20-6/h11H,7-10H2,1-6H3,(H,16,18). The molecule has 1 rings (SSSR count). The van der Waals surface area contributed by atoms with E-state index < -0.39 is 5.54 Å². The van der Waals surface area contributed by atoms with Gasteiger partial charge in [0, 0.05) is 13.7 Å². The summed E-state index contributed by atoms with van der Waals surface area (Å²) in [5.74, 6) is -0.0370. The number of hydrogen-bond donors (Lipinski definition) is 1. The lowest BCUT2D eigenvalue weighted by Gasteiger charge is -2.44. The van der Waals surface area contributed by atoms with Gasteiger partial charge >= 0.3 is 0 Å². The van der Waals surface area contributed by atoms with Crippen molar-refractivity contribution in [1.82, 2.24) is 10.2 Å². The van der Waals surface area contributed by atoms with Crippen LogP contribution in [0.15, 0.2) is 0 Å². The van der Waals surface area contributed by atoms with Crippen LogP contribution in [0.2, 0.25) is 0 Å². The third-order valence-corrected chi connectivity index (χ3v) is 4.41. The van der Waals surface area contributed by atoms with Crippen molar-refractivity contribution in [1.29, 1.82) is 0 Å².